The number of benzene rings is 2. The van der Waals surface area contributed by atoms with E-state index in [1.807, 2.05) is 51.1 Å². The lowest BCUT2D eigenvalue weighted by Crippen LogP contribution is -2.36. The van der Waals surface area contributed by atoms with Gasteiger partial charge < -0.3 is 20.3 Å². The number of aromatic hydroxyl groups is 1. The predicted octanol–water partition coefficient (Wildman–Crippen LogP) is 5.38. The molecule has 2 rings (SSSR count). The Bertz CT molecular complexity index is 891. The second-order valence-corrected chi connectivity index (χ2v) is 8.44. The maximum atomic E-state index is 13.2. The molecule has 0 heterocycles. The largest absolute Gasteiger partial charge is 0.505 e. The summed E-state index contributed by atoms with van der Waals surface area (Å²) < 4.78 is 5.36. The molecule has 2 aromatic carbocycles. The summed E-state index contributed by atoms with van der Waals surface area (Å²) in [6.07, 6.45) is 2.03. The lowest BCUT2D eigenvalue weighted by Gasteiger charge is -2.26. The van der Waals surface area contributed by atoms with E-state index in [-0.39, 0.29) is 29.3 Å². The maximum absolute atomic E-state index is 13.2. The first kappa shape index (κ1) is 24.1. The number of anilines is 2. The number of carboxylic acids is 1. The fourth-order valence-corrected chi connectivity index (χ4v) is 3.25. The number of aliphatic carboxylic acids is 1. The normalized spacial score (nSPS) is 11.1. The predicted molar refractivity (Wildman–Crippen MR) is 122 cm³/mol. The number of carboxylic acid groups (broad SMARTS) is 1. The van der Waals surface area contributed by atoms with Crippen molar-refractivity contribution < 1.29 is 24.5 Å². The Balaban J connectivity index is 2.24. The van der Waals surface area contributed by atoms with E-state index in [2.05, 4.69) is 5.32 Å². The van der Waals surface area contributed by atoms with Gasteiger partial charge in [0.05, 0.1) is 12.8 Å². The van der Waals surface area contributed by atoms with Crippen molar-refractivity contribution in [1.29, 1.82) is 0 Å². The van der Waals surface area contributed by atoms with E-state index in [1.165, 1.54) is 7.11 Å². The molecular weight excluding hydrogens is 396 g/mol. The van der Waals surface area contributed by atoms with Crippen molar-refractivity contribution in [3.63, 3.8) is 0 Å². The van der Waals surface area contributed by atoms with Crippen molar-refractivity contribution in [2.24, 2.45) is 0 Å². The molecule has 0 saturated carbocycles. The van der Waals surface area contributed by atoms with Gasteiger partial charge >= 0.3 is 12.0 Å². The van der Waals surface area contributed by atoms with Gasteiger partial charge in [0.1, 0.15) is 11.5 Å². The van der Waals surface area contributed by atoms with E-state index in [0.717, 1.165) is 5.69 Å². The highest BCUT2D eigenvalue weighted by molar-refractivity contribution is 6.02. The maximum Gasteiger partial charge on any atom is 0.326 e. The molecule has 168 valence electrons. The Kier molecular flexibility index (Phi) is 8.30. The molecule has 7 heteroatoms. The number of phenols is 1. The molecule has 0 fully saturated rings. The van der Waals surface area contributed by atoms with E-state index in [0.29, 0.717) is 37.1 Å². The summed E-state index contributed by atoms with van der Waals surface area (Å²) in [5.41, 5.74) is 1.32. The molecule has 0 saturated heterocycles. The van der Waals surface area contributed by atoms with Gasteiger partial charge in [-0.1, -0.05) is 45.4 Å². The standard InChI is InChI=1S/C24H32N2O5/c1-24(2,3)19-15-18(31-4)16-20(22(19)29)25-23(30)26(17-11-7-5-8-12-17)14-10-6-9-13-21(27)28/h5,7-8,11-12,15-16,29H,6,9-10,13-14H2,1-4H3,(H,25,30)(H,27,28). The number of methoxy groups -OCH3 is 1. The number of amides is 2. The number of urea groups is 1. The highest BCUT2D eigenvalue weighted by atomic mass is 16.5. The summed E-state index contributed by atoms with van der Waals surface area (Å²) in [6, 6.07) is 12.2. The summed E-state index contributed by atoms with van der Waals surface area (Å²) in [4.78, 5) is 25.5. The third-order valence-corrected chi connectivity index (χ3v) is 4.95. The lowest BCUT2D eigenvalue weighted by atomic mass is 9.85. The molecule has 7 nitrogen and oxygen atoms in total. The Morgan fingerprint density at radius 1 is 1.06 bits per heavy atom. The molecule has 2 amide bonds. The van der Waals surface area contributed by atoms with Crippen LogP contribution < -0.4 is 15.0 Å². The van der Waals surface area contributed by atoms with Crippen LogP contribution in [0.5, 0.6) is 11.5 Å². The van der Waals surface area contributed by atoms with Gasteiger partial charge in [0.2, 0.25) is 0 Å². The summed E-state index contributed by atoms with van der Waals surface area (Å²) in [6.45, 7) is 6.34. The molecule has 2 aromatic rings. The Morgan fingerprint density at radius 3 is 2.32 bits per heavy atom. The van der Waals surface area contributed by atoms with Gasteiger partial charge in [0.25, 0.3) is 0 Å². The highest BCUT2D eigenvalue weighted by Gasteiger charge is 2.24. The van der Waals surface area contributed by atoms with Crippen LogP contribution in [0.1, 0.15) is 52.0 Å². The average Bonchev–Trinajstić information content (AvgIpc) is 2.71. The van der Waals surface area contributed by atoms with Crippen molar-refractivity contribution >= 4 is 23.4 Å². The zero-order valence-electron chi connectivity index (χ0n) is 18.6. The van der Waals surface area contributed by atoms with Crippen LogP contribution in [0.4, 0.5) is 16.2 Å². The van der Waals surface area contributed by atoms with Crippen LogP contribution in [0.3, 0.4) is 0 Å². The molecule has 0 spiro atoms. The smallest absolute Gasteiger partial charge is 0.326 e. The van der Waals surface area contributed by atoms with Crippen molar-refractivity contribution in [3.05, 3.63) is 48.0 Å². The molecule has 0 aliphatic heterocycles. The molecule has 0 radical (unpaired) electrons. The average molecular weight is 429 g/mol. The number of unbranched alkanes of at least 4 members (excludes halogenated alkanes) is 2. The minimum atomic E-state index is -0.819. The number of rotatable bonds is 9. The van der Waals surface area contributed by atoms with Crippen LogP contribution in [-0.2, 0) is 10.2 Å². The minimum absolute atomic E-state index is 0.0103. The fourth-order valence-electron chi connectivity index (χ4n) is 3.25. The molecule has 0 bridgehead atoms. The number of nitrogens with one attached hydrogen (secondary N) is 1. The Morgan fingerprint density at radius 2 is 1.74 bits per heavy atom. The number of carbonyl (C=O) groups excluding carboxylic acids is 1. The third kappa shape index (κ3) is 6.91. The highest BCUT2D eigenvalue weighted by Crippen LogP contribution is 2.39. The van der Waals surface area contributed by atoms with Crippen molar-refractivity contribution in [3.8, 4) is 11.5 Å². The van der Waals surface area contributed by atoms with E-state index in [1.54, 1.807) is 17.0 Å². The van der Waals surface area contributed by atoms with Gasteiger partial charge in [0, 0.05) is 30.3 Å². The van der Waals surface area contributed by atoms with Gasteiger partial charge in [-0.25, -0.2) is 4.79 Å². The van der Waals surface area contributed by atoms with Gasteiger partial charge in [0.15, 0.2) is 0 Å². The van der Waals surface area contributed by atoms with E-state index in [4.69, 9.17) is 9.84 Å². The van der Waals surface area contributed by atoms with Crippen molar-refractivity contribution in [1.82, 2.24) is 0 Å². The zero-order chi connectivity index (χ0) is 23.0. The molecule has 0 aromatic heterocycles. The SMILES string of the molecule is COc1cc(NC(=O)N(CCCCCC(=O)O)c2ccccc2)c(O)c(C(C)(C)C)c1. The number of hydrogen-bond acceptors (Lipinski definition) is 4. The number of nitrogens with zero attached hydrogens (tertiary/aromatic N) is 1. The molecule has 0 aliphatic rings. The number of phenolic OH excluding ortho intramolecular Hbond substituents is 1. The first-order valence-electron chi connectivity index (χ1n) is 10.4. The topological polar surface area (TPSA) is 99.1 Å². The number of hydrogen-bond donors (Lipinski definition) is 3. The number of para-hydroxylation sites is 1. The van der Waals surface area contributed by atoms with Gasteiger partial charge in [-0.3, -0.25) is 9.69 Å². The van der Waals surface area contributed by atoms with Gasteiger partial charge in [-0.2, -0.15) is 0 Å². The summed E-state index contributed by atoms with van der Waals surface area (Å²) in [5.74, 6) is -0.269. The first-order valence-corrected chi connectivity index (χ1v) is 10.4. The van der Waals surface area contributed by atoms with Crippen molar-refractivity contribution in [2.75, 3.05) is 23.9 Å². The van der Waals surface area contributed by atoms with Crippen LogP contribution in [0.25, 0.3) is 0 Å². The molecule has 3 N–H and O–H groups in total. The van der Waals surface area contributed by atoms with Crippen LogP contribution in [0.15, 0.2) is 42.5 Å². The van der Waals surface area contributed by atoms with Crippen molar-refractivity contribution in [2.45, 2.75) is 51.9 Å². The van der Waals surface area contributed by atoms with Gasteiger partial charge in [-0.05, 0) is 36.5 Å². The summed E-state index contributed by atoms with van der Waals surface area (Å²) in [5, 5.41) is 22.4. The molecule has 0 aliphatic carbocycles. The van der Waals surface area contributed by atoms with E-state index < -0.39 is 5.97 Å². The number of ether oxygens (including phenoxy) is 1. The Hall–Kier alpha value is -3.22. The monoisotopic (exact) mass is 428 g/mol. The lowest BCUT2D eigenvalue weighted by molar-refractivity contribution is -0.137. The van der Waals surface area contributed by atoms with E-state index in [9.17, 15) is 14.7 Å². The third-order valence-electron chi connectivity index (χ3n) is 4.95. The van der Waals surface area contributed by atoms with Gasteiger partial charge in [-0.15, -0.1) is 0 Å². The second kappa shape index (κ2) is 10.7. The summed E-state index contributed by atoms with van der Waals surface area (Å²) >= 11 is 0. The molecule has 0 unspecified atom stereocenters. The Labute approximate surface area is 183 Å². The first-order chi connectivity index (χ1) is 14.6. The quantitative estimate of drug-likeness (QED) is 0.368. The van der Waals surface area contributed by atoms with Crippen LogP contribution in [0, 0.1) is 0 Å². The van der Waals surface area contributed by atoms with Crippen LogP contribution in [0.2, 0.25) is 0 Å². The number of carbonyl (C=O) groups is 2. The second-order valence-electron chi connectivity index (χ2n) is 8.44. The fraction of sp³-hybridized carbons (Fsp3) is 0.417. The molecular formula is C24H32N2O5. The zero-order valence-corrected chi connectivity index (χ0v) is 18.6. The van der Waals surface area contributed by atoms with E-state index >= 15 is 0 Å². The molecule has 0 atom stereocenters. The minimum Gasteiger partial charge on any atom is -0.505 e. The molecule has 31 heavy (non-hydrogen) atoms. The van der Waals surface area contributed by atoms with Crippen LogP contribution in [-0.4, -0.2) is 35.9 Å². The summed E-state index contributed by atoms with van der Waals surface area (Å²) in [7, 11) is 1.54. The van der Waals surface area contributed by atoms with Crippen LogP contribution >= 0.6 is 0 Å².